The van der Waals surface area contributed by atoms with Crippen molar-refractivity contribution >= 4 is 0 Å². The van der Waals surface area contributed by atoms with Crippen molar-refractivity contribution in [3.8, 4) is 11.5 Å². The van der Waals surface area contributed by atoms with Gasteiger partial charge in [0.1, 0.15) is 0 Å². The Morgan fingerprint density at radius 1 is 0.867 bits per heavy atom. The molecule has 30 heavy (non-hydrogen) atoms. The van der Waals surface area contributed by atoms with Crippen molar-refractivity contribution in [3.05, 3.63) is 94.0 Å². The third-order valence-corrected chi connectivity index (χ3v) is 6.78. The second-order valence-electron chi connectivity index (χ2n) is 8.58. The van der Waals surface area contributed by atoms with Gasteiger partial charge in [0.15, 0.2) is 11.5 Å². The Bertz CT molecular complexity index is 1060. The number of hydrogen-bond donors (Lipinski definition) is 0. The van der Waals surface area contributed by atoms with Crippen LogP contribution >= 0.6 is 0 Å². The van der Waals surface area contributed by atoms with Crippen LogP contribution in [-0.2, 0) is 19.5 Å². The molecule has 0 saturated heterocycles. The van der Waals surface area contributed by atoms with Crippen LogP contribution in [0.5, 0.6) is 11.5 Å². The first-order valence-corrected chi connectivity index (χ1v) is 10.8. The largest absolute Gasteiger partial charge is 0.493 e. The number of rotatable bonds is 4. The Morgan fingerprint density at radius 3 is 2.40 bits per heavy atom. The van der Waals surface area contributed by atoms with E-state index in [1.165, 1.54) is 33.4 Å². The molecule has 0 amide bonds. The van der Waals surface area contributed by atoms with E-state index in [1.807, 2.05) is 0 Å². The molecule has 3 aromatic carbocycles. The van der Waals surface area contributed by atoms with Gasteiger partial charge in [0.05, 0.1) is 14.2 Å². The lowest BCUT2D eigenvalue weighted by Crippen LogP contribution is -2.45. The molecule has 0 saturated carbocycles. The van der Waals surface area contributed by atoms with Crippen molar-refractivity contribution in [3.63, 3.8) is 0 Å². The minimum Gasteiger partial charge on any atom is -0.493 e. The molecule has 2 atom stereocenters. The minimum absolute atomic E-state index is 0.363. The zero-order valence-electron chi connectivity index (χ0n) is 18.0. The van der Waals surface area contributed by atoms with Gasteiger partial charge in [-0.2, -0.15) is 0 Å². The summed E-state index contributed by atoms with van der Waals surface area (Å²) in [6.07, 6.45) is 2.23. The zero-order chi connectivity index (χ0) is 20.7. The summed E-state index contributed by atoms with van der Waals surface area (Å²) >= 11 is 0. The van der Waals surface area contributed by atoms with Gasteiger partial charge in [-0.3, -0.25) is 4.90 Å². The van der Waals surface area contributed by atoms with Crippen LogP contribution in [-0.4, -0.2) is 25.2 Å². The fourth-order valence-corrected chi connectivity index (χ4v) is 5.39. The van der Waals surface area contributed by atoms with Gasteiger partial charge in [0.2, 0.25) is 0 Å². The first-order valence-electron chi connectivity index (χ1n) is 10.8. The summed E-state index contributed by atoms with van der Waals surface area (Å²) in [6.45, 7) is 4.18. The highest BCUT2D eigenvalue weighted by molar-refractivity contribution is 5.54. The second-order valence-corrected chi connectivity index (χ2v) is 8.58. The van der Waals surface area contributed by atoms with Gasteiger partial charge in [-0.15, -0.1) is 0 Å². The quantitative estimate of drug-likeness (QED) is 0.580. The molecule has 0 bridgehead atoms. The molecule has 0 spiro atoms. The summed E-state index contributed by atoms with van der Waals surface area (Å²) in [5.74, 6) is 2.02. The van der Waals surface area contributed by atoms with E-state index >= 15 is 0 Å². The Labute approximate surface area is 179 Å². The smallest absolute Gasteiger partial charge is 0.161 e. The van der Waals surface area contributed by atoms with Gasteiger partial charge < -0.3 is 9.47 Å². The Hall–Kier alpha value is -2.78. The SMILES string of the molecule is COc1cc2c(cc1OC)C1c3ccc(C)cc3CN(Cc3ccccc3)C1CC2. The first-order chi connectivity index (χ1) is 14.7. The summed E-state index contributed by atoms with van der Waals surface area (Å²) in [4.78, 5) is 2.68. The lowest BCUT2D eigenvalue weighted by molar-refractivity contribution is 0.132. The zero-order valence-corrected chi connectivity index (χ0v) is 18.0. The van der Waals surface area contributed by atoms with E-state index in [0.717, 1.165) is 37.4 Å². The van der Waals surface area contributed by atoms with Crippen LogP contribution in [0.2, 0.25) is 0 Å². The molecule has 0 aromatic heterocycles. The molecule has 0 fully saturated rings. The van der Waals surface area contributed by atoms with Gasteiger partial charge in [-0.1, -0.05) is 54.1 Å². The molecule has 1 aliphatic carbocycles. The molecule has 2 unspecified atom stereocenters. The summed E-state index contributed by atoms with van der Waals surface area (Å²) in [6, 6.07) is 22.8. The van der Waals surface area contributed by atoms with E-state index in [2.05, 4.69) is 72.5 Å². The van der Waals surface area contributed by atoms with Crippen LogP contribution < -0.4 is 9.47 Å². The van der Waals surface area contributed by atoms with Crippen LogP contribution in [0.1, 0.15) is 45.7 Å². The molecular formula is C27H29NO2. The van der Waals surface area contributed by atoms with Crippen LogP contribution in [0.15, 0.2) is 60.7 Å². The monoisotopic (exact) mass is 399 g/mol. The molecule has 3 heteroatoms. The number of aryl methyl sites for hydroxylation is 2. The van der Waals surface area contributed by atoms with E-state index in [9.17, 15) is 0 Å². The highest BCUT2D eigenvalue weighted by Crippen LogP contribution is 2.47. The fourth-order valence-electron chi connectivity index (χ4n) is 5.39. The molecular weight excluding hydrogens is 370 g/mol. The van der Waals surface area contributed by atoms with E-state index in [4.69, 9.17) is 9.47 Å². The summed E-state index contributed by atoms with van der Waals surface area (Å²) in [5.41, 5.74) is 8.42. The molecule has 3 aromatic rings. The fraction of sp³-hybridized carbons (Fsp3) is 0.333. The molecule has 1 aliphatic heterocycles. The summed E-state index contributed by atoms with van der Waals surface area (Å²) in [7, 11) is 3.45. The third kappa shape index (κ3) is 3.27. The summed E-state index contributed by atoms with van der Waals surface area (Å²) in [5, 5.41) is 0. The molecule has 1 heterocycles. The lowest BCUT2D eigenvalue weighted by Gasteiger charge is -2.46. The topological polar surface area (TPSA) is 21.7 Å². The molecule has 2 aliphatic rings. The van der Waals surface area contributed by atoms with E-state index < -0.39 is 0 Å². The van der Waals surface area contributed by atoms with Gasteiger partial charge in [0.25, 0.3) is 0 Å². The Morgan fingerprint density at radius 2 is 1.63 bits per heavy atom. The Kier molecular flexibility index (Phi) is 5.00. The molecule has 0 N–H and O–H groups in total. The minimum atomic E-state index is 0.363. The predicted molar refractivity (Wildman–Crippen MR) is 120 cm³/mol. The number of hydrogen-bond acceptors (Lipinski definition) is 3. The molecule has 154 valence electrons. The molecule has 3 nitrogen and oxygen atoms in total. The highest BCUT2D eigenvalue weighted by Gasteiger charge is 2.40. The van der Waals surface area contributed by atoms with Crippen molar-refractivity contribution in [2.24, 2.45) is 0 Å². The summed E-state index contributed by atoms with van der Waals surface area (Å²) < 4.78 is 11.3. The van der Waals surface area contributed by atoms with Crippen molar-refractivity contribution in [2.75, 3.05) is 14.2 Å². The molecule has 5 rings (SSSR count). The maximum atomic E-state index is 5.67. The van der Waals surface area contributed by atoms with Crippen LogP contribution in [0.25, 0.3) is 0 Å². The highest BCUT2D eigenvalue weighted by atomic mass is 16.5. The standard InChI is InChI=1S/C27H29NO2/c1-18-9-11-22-21(13-18)17-28(16-19-7-5-4-6-8-19)24-12-10-20-14-25(29-2)26(30-3)15-23(20)27(22)24/h4-9,11,13-15,24,27H,10,12,16-17H2,1-3H3. The molecule has 0 radical (unpaired) electrons. The third-order valence-electron chi connectivity index (χ3n) is 6.78. The Balaban J connectivity index is 1.62. The predicted octanol–water partition coefficient (Wildman–Crippen LogP) is 5.47. The average molecular weight is 400 g/mol. The van der Waals surface area contributed by atoms with Gasteiger partial charge >= 0.3 is 0 Å². The number of ether oxygens (including phenoxy) is 2. The van der Waals surface area contributed by atoms with Crippen LogP contribution in [0.3, 0.4) is 0 Å². The van der Waals surface area contributed by atoms with E-state index in [1.54, 1.807) is 14.2 Å². The van der Waals surface area contributed by atoms with Gasteiger partial charge in [0, 0.05) is 25.0 Å². The second kappa shape index (κ2) is 7.81. The number of nitrogens with zero attached hydrogens (tertiary/aromatic N) is 1. The number of benzene rings is 3. The number of fused-ring (bicyclic) bond motifs is 5. The maximum absolute atomic E-state index is 5.67. The number of methoxy groups -OCH3 is 2. The average Bonchev–Trinajstić information content (AvgIpc) is 2.78. The van der Waals surface area contributed by atoms with Crippen molar-refractivity contribution in [1.82, 2.24) is 4.90 Å². The van der Waals surface area contributed by atoms with Crippen molar-refractivity contribution < 1.29 is 9.47 Å². The van der Waals surface area contributed by atoms with E-state index in [0.29, 0.717) is 12.0 Å². The maximum Gasteiger partial charge on any atom is 0.161 e. The lowest BCUT2D eigenvalue weighted by atomic mass is 9.71. The first kappa shape index (κ1) is 19.2. The van der Waals surface area contributed by atoms with Crippen molar-refractivity contribution in [1.29, 1.82) is 0 Å². The van der Waals surface area contributed by atoms with Crippen molar-refractivity contribution in [2.45, 2.75) is 44.8 Å². The normalized spacial score (nSPS) is 20.1. The van der Waals surface area contributed by atoms with E-state index in [-0.39, 0.29) is 0 Å². The van der Waals surface area contributed by atoms with Crippen LogP contribution in [0, 0.1) is 6.92 Å². The van der Waals surface area contributed by atoms with Gasteiger partial charge in [-0.05, 0) is 59.7 Å². The van der Waals surface area contributed by atoms with Crippen LogP contribution in [0.4, 0.5) is 0 Å². The van der Waals surface area contributed by atoms with Gasteiger partial charge in [-0.25, -0.2) is 0 Å².